The van der Waals surface area contributed by atoms with Crippen molar-refractivity contribution in [1.29, 1.82) is 0 Å². The SMILES string of the molecule is CC(C)NC(=O)[C@H](C)N(Cc1c(Cl)cccc1Cl)C(=O)CN(c1cccc(Cl)c1Cl)S(C)(=O)=O. The average molecular weight is 569 g/mol. The lowest BCUT2D eigenvalue weighted by Crippen LogP contribution is -2.52. The van der Waals surface area contributed by atoms with Crippen molar-refractivity contribution in [2.24, 2.45) is 0 Å². The molecule has 0 bridgehead atoms. The molecule has 0 saturated carbocycles. The Labute approximate surface area is 220 Å². The Morgan fingerprint density at radius 3 is 2.00 bits per heavy atom. The number of amides is 2. The smallest absolute Gasteiger partial charge is 0.244 e. The number of nitrogens with zero attached hydrogens (tertiary/aromatic N) is 2. The maximum Gasteiger partial charge on any atom is 0.244 e. The molecule has 0 radical (unpaired) electrons. The van der Waals surface area contributed by atoms with Gasteiger partial charge in [0.1, 0.15) is 12.6 Å². The fourth-order valence-electron chi connectivity index (χ4n) is 3.12. The largest absolute Gasteiger partial charge is 0.352 e. The van der Waals surface area contributed by atoms with Crippen LogP contribution >= 0.6 is 46.4 Å². The van der Waals surface area contributed by atoms with E-state index in [1.54, 1.807) is 32.0 Å². The molecule has 2 aromatic carbocycles. The second-order valence-electron chi connectivity index (χ2n) is 7.90. The van der Waals surface area contributed by atoms with E-state index >= 15 is 0 Å². The van der Waals surface area contributed by atoms with E-state index in [9.17, 15) is 18.0 Å². The highest BCUT2D eigenvalue weighted by Crippen LogP contribution is 2.34. The molecule has 0 aliphatic heterocycles. The van der Waals surface area contributed by atoms with Crippen LogP contribution in [0.5, 0.6) is 0 Å². The lowest BCUT2D eigenvalue weighted by atomic mass is 10.1. The van der Waals surface area contributed by atoms with Crippen LogP contribution in [0, 0.1) is 0 Å². The molecule has 0 aromatic heterocycles. The average Bonchev–Trinajstić information content (AvgIpc) is 2.72. The van der Waals surface area contributed by atoms with Gasteiger partial charge in [-0.1, -0.05) is 58.5 Å². The van der Waals surface area contributed by atoms with E-state index in [-0.39, 0.29) is 28.3 Å². The molecule has 186 valence electrons. The van der Waals surface area contributed by atoms with Crippen LogP contribution < -0.4 is 9.62 Å². The second-order valence-corrected chi connectivity index (χ2v) is 11.4. The molecule has 0 saturated heterocycles. The number of carbonyl (C=O) groups excluding carboxylic acids is 2. The van der Waals surface area contributed by atoms with Crippen molar-refractivity contribution in [3.05, 3.63) is 62.1 Å². The first-order valence-corrected chi connectivity index (χ1v) is 13.5. The molecule has 2 rings (SSSR count). The summed E-state index contributed by atoms with van der Waals surface area (Å²) in [4.78, 5) is 27.5. The van der Waals surface area contributed by atoms with Crippen molar-refractivity contribution in [2.45, 2.75) is 39.4 Å². The number of rotatable bonds is 9. The Bertz CT molecular complexity index is 1150. The van der Waals surface area contributed by atoms with Crippen LogP contribution in [0.25, 0.3) is 0 Å². The summed E-state index contributed by atoms with van der Waals surface area (Å²) in [6, 6.07) is 8.20. The maximum absolute atomic E-state index is 13.5. The highest BCUT2D eigenvalue weighted by atomic mass is 35.5. The maximum atomic E-state index is 13.5. The third-order valence-electron chi connectivity index (χ3n) is 4.87. The van der Waals surface area contributed by atoms with Gasteiger partial charge in [-0.3, -0.25) is 13.9 Å². The summed E-state index contributed by atoms with van der Waals surface area (Å²) in [5.74, 6) is -1.08. The molecule has 7 nitrogen and oxygen atoms in total. The second kappa shape index (κ2) is 11.8. The van der Waals surface area contributed by atoms with Crippen molar-refractivity contribution in [3.8, 4) is 0 Å². The summed E-state index contributed by atoms with van der Waals surface area (Å²) in [5.41, 5.74) is 0.468. The lowest BCUT2D eigenvalue weighted by Gasteiger charge is -2.32. The van der Waals surface area contributed by atoms with Crippen LogP contribution in [-0.4, -0.2) is 50.0 Å². The normalized spacial score (nSPS) is 12.4. The van der Waals surface area contributed by atoms with Gasteiger partial charge < -0.3 is 10.2 Å². The fourth-order valence-corrected chi connectivity index (χ4v) is 4.94. The summed E-state index contributed by atoms with van der Waals surface area (Å²) < 4.78 is 26.0. The van der Waals surface area contributed by atoms with Crippen molar-refractivity contribution in [3.63, 3.8) is 0 Å². The Hall–Kier alpha value is -1.71. The van der Waals surface area contributed by atoms with Crippen LogP contribution in [0.4, 0.5) is 5.69 Å². The van der Waals surface area contributed by atoms with Gasteiger partial charge in [-0.05, 0) is 45.0 Å². The number of halogens is 4. The van der Waals surface area contributed by atoms with E-state index in [0.717, 1.165) is 10.6 Å². The number of hydrogen-bond donors (Lipinski definition) is 1. The Kier molecular flexibility index (Phi) is 9.91. The number of benzene rings is 2. The van der Waals surface area contributed by atoms with E-state index in [2.05, 4.69) is 5.32 Å². The summed E-state index contributed by atoms with van der Waals surface area (Å²) in [5, 5.41) is 3.48. The molecule has 0 aliphatic rings. The first-order valence-electron chi connectivity index (χ1n) is 10.2. The third-order valence-corrected chi connectivity index (χ3v) is 7.51. The summed E-state index contributed by atoms with van der Waals surface area (Å²) >= 11 is 24.9. The Balaban J connectivity index is 2.50. The molecule has 0 aliphatic carbocycles. The molecule has 2 aromatic rings. The number of nitrogens with one attached hydrogen (secondary N) is 1. The van der Waals surface area contributed by atoms with E-state index in [0.29, 0.717) is 15.6 Å². The van der Waals surface area contributed by atoms with Gasteiger partial charge in [0.05, 0.1) is 22.0 Å². The molecule has 0 fully saturated rings. The zero-order valence-electron chi connectivity index (χ0n) is 19.0. The predicted octanol–water partition coefficient (Wildman–Crippen LogP) is 5.01. The molecule has 0 spiro atoms. The zero-order chi connectivity index (χ0) is 25.8. The molecular weight excluding hydrogens is 544 g/mol. The minimum atomic E-state index is -3.95. The predicted molar refractivity (Wildman–Crippen MR) is 138 cm³/mol. The number of anilines is 1. The van der Waals surface area contributed by atoms with Gasteiger partial charge >= 0.3 is 0 Å². The summed E-state index contributed by atoms with van der Waals surface area (Å²) in [6.45, 7) is 4.37. The minimum Gasteiger partial charge on any atom is -0.352 e. The van der Waals surface area contributed by atoms with Crippen molar-refractivity contribution >= 4 is 73.9 Å². The van der Waals surface area contributed by atoms with Crippen LogP contribution in [0.15, 0.2) is 36.4 Å². The van der Waals surface area contributed by atoms with Crippen molar-refractivity contribution in [1.82, 2.24) is 10.2 Å². The third kappa shape index (κ3) is 7.15. The van der Waals surface area contributed by atoms with E-state index < -0.39 is 34.4 Å². The van der Waals surface area contributed by atoms with Crippen LogP contribution in [0.2, 0.25) is 20.1 Å². The lowest BCUT2D eigenvalue weighted by molar-refractivity contribution is -0.139. The topological polar surface area (TPSA) is 86.8 Å². The van der Waals surface area contributed by atoms with Gasteiger partial charge in [-0.25, -0.2) is 8.42 Å². The Morgan fingerprint density at radius 2 is 1.47 bits per heavy atom. The highest BCUT2D eigenvalue weighted by molar-refractivity contribution is 7.92. The molecule has 12 heteroatoms. The first kappa shape index (κ1) is 28.5. The monoisotopic (exact) mass is 567 g/mol. The van der Waals surface area contributed by atoms with Gasteiger partial charge in [0.2, 0.25) is 21.8 Å². The van der Waals surface area contributed by atoms with Gasteiger partial charge in [0.25, 0.3) is 0 Å². The van der Waals surface area contributed by atoms with E-state index in [1.165, 1.54) is 30.0 Å². The highest BCUT2D eigenvalue weighted by Gasteiger charge is 2.32. The van der Waals surface area contributed by atoms with Crippen LogP contribution in [-0.2, 0) is 26.2 Å². The van der Waals surface area contributed by atoms with Crippen LogP contribution in [0.1, 0.15) is 26.3 Å². The number of hydrogen-bond acceptors (Lipinski definition) is 4. The van der Waals surface area contributed by atoms with Crippen molar-refractivity contribution < 1.29 is 18.0 Å². The zero-order valence-corrected chi connectivity index (χ0v) is 22.8. The van der Waals surface area contributed by atoms with Crippen LogP contribution in [0.3, 0.4) is 0 Å². The van der Waals surface area contributed by atoms with E-state index in [4.69, 9.17) is 46.4 Å². The van der Waals surface area contributed by atoms with Crippen molar-refractivity contribution in [2.75, 3.05) is 17.1 Å². The number of carbonyl (C=O) groups is 2. The van der Waals surface area contributed by atoms with Gasteiger partial charge in [0, 0.05) is 28.2 Å². The standard InChI is InChI=1S/C22H25Cl4N3O4S/c1-13(2)27-22(31)14(3)28(11-15-16(23)7-5-8-17(15)24)20(30)12-29(34(4,32)33)19-10-6-9-18(25)21(19)26/h5-10,13-14H,11-12H2,1-4H3,(H,27,31)/t14-/m0/s1. The molecule has 0 unspecified atom stereocenters. The molecular formula is C22H25Cl4N3O4S. The molecule has 2 amide bonds. The van der Waals surface area contributed by atoms with Gasteiger partial charge in [-0.2, -0.15) is 0 Å². The first-order chi connectivity index (χ1) is 15.7. The molecule has 34 heavy (non-hydrogen) atoms. The number of sulfonamides is 1. The summed E-state index contributed by atoms with van der Waals surface area (Å²) in [6.07, 6.45) is 0.946. The molecule has 0 heterocycles. The fraction of sp³-hybridized carbons (Fsp3) is 0.364. The molecule has 1 atom stereocenters. The van der Waals surface area contributed by atoms with E-state index in [1.807, 2.05) is 0 Å². The quantitative estimate of drug-likeness (QED) is 0.461. The molecule has 1 N–H and O–H groups in total. The summed E-state index contributed by atoms with van der Waals surface area (Å²) in [7, 11) is -3.95. The van der Waals surface area contributed by atoms with Gasteiger partial charge in [-0.15, -0.1) is 0 Å². The Morgan fingerprint density at radius 1 is 0.941 bits per heavy atom. The van der Waals surface area contributed by atoms with Gasteiger partial charge in [0.15, 0.2) is 0 Å². The minimum absolute atomic E-state index is 0.0197.